The monoisotopic (exact) mass is 587 g/mol. The molecule has 16 heteroatoms. The van der Waals surface area contributed by atoms with Crippen molar-refractivity contribution in [1.29, 1.82) is 0 Å². The number of hydrogen-bond donors (Lipinski definition) is 2. The van der Waals surface area contributed by atoms with Crippen molar-refractivity contribution in [2.75, 3.05) is 49.8 Å². The number of thiazole rings is 1. The predicted molar refractivity (Wildman–Crippen MR) is 138 cm³/mol. The fourth-order valence-electron chi connectivity index (χ4n) is 3.42. The van der Waals surface area contributed by atoms with E-state index in [1.165, 1.54) is 17.4 Å². The number of nitrogens with one attached hydrogen (secondary N) is 1. The summed E-state index contributed by atoms with van der Waals surface area (Å²) in [6.07, 6.45) is -2.25. The Morgan fingerprint density at radius 1 is 1.10 bits per heavy atom. The number of piperazine rings is 1. The average molecular weight is 588 g/mol. The molecule has 0 atom stereocenters. The molecule has 4 rings (SSSR count). The maximum Gasteiger partial charge on any atom is 0.490 e. The van der Waals surface area contributed by atoms with Crippen LogP contribution in [0.1, 0.15) is 10.5 Å². The number of amides is 1. The van der Waals surface area contributed by atoms with Gasteiger partial charge in [-0.3, -0.25) is 4.79 Å². The van der Waals surface area contributed by atoms with E-state index in [1.807, 2.05) is 12.1 Å². The molecule has 0 unspecified atom stereocenters. The van der Waals surface area contributed by atoms with Crippen LogP contribution < -0.4 is 15.0 Å². The van der Waals surface area contributed by atoms with Gasteiger partial charge in [-0.15, -0.1) is 11.3 Å². The Labute approximate surface area is 225 Å². The molecular weight excluding hydrogens is 563 g/mol. The summed E-state index contributed by atoms with van der Waals surface area (Å²) in [7, 11) is -1.79. The highest BCUT2D eigenvalue weighted by Gasteiger charge is 2.38. The Balaban J connectivity index is 0.000000532. The summed E-state index contributed by atoms with van der Waals surface area (Å²) in [4.78, 5) is 34.7. The highest BCUT2D eigenvalue weighted by molar-refractivity contribution is 7.90. The van der Waals surface area contributed by atoms with E-state index in [0.717, 1.165) is 12.1 Å². The van der Waals surface area contributed by atoms with Crippen molar-refractivity contribution < 1.29 is 41.0 Å². The molecule has 3 heterocycles. The zero-order chi connectivity index (χ0) is 28.8. The first-order valence-corrected chi connectivity index (χ1v) is 13.9. The Morgan fingerprint density at radius 3 is 2.28 bits per heavy atom. The SMILES string of the molecule is COc1ccc(N2CCN(C(=O)c3csc(Nc4ccccc4S(C)(=O)=O)n3)CC2)nc1.O=C(O)C(F)(F)F. The van der Waals surface area contributed by atoms with Gasteiger partial charge in [0, 0.05) is 37.8 Å². The van der Waals surface area contributed by atoms with Crippen LogP contribution in [0.15, 0.2) is 52.9 Å². The van der Waals surface area contributed by atoms with Gasteiger partial charge in [-0.05, 0) is 24.3 Å². The van der Waals surface area contributed by atoms with Gasteiger partial charge in [-0.1, -0.05) is 12.1 Å². The van der Waals surface area contributed by atoms with E-state index in [1.54, 1.807) is 41.8 Å². The number of aliphatic carboxylic acids is 1. The number of carboxylic acid groups (broad SMARTS) is 1. The lowest BCUT2D eigenvalue weighted by Crippen LogP contribution is -2.49. The molecule has 1 aromatic carbocycles. The number of alkyl halides is 3. The molecule has 1 fully saturated rings. The topological polar surface area (TPSA) is 142 Å². The highest BCUT2D eigenvalue weighted by atomic mass is 32.2. The molecule has 1 aliphatic heterocycles. The van der Waals surface area contributed by atoms with Gasteiger partial charge >= 0.3 is 12.1 Å². The van der Waals surface area contributed by atoms with Gasteiger partial charge in [-0.25, -0.2) is 23.2 Å². The van der Waals surface area contributed by atoms with Gasteiger partial charge in [-0.2, -0.15) is 13.2 Å². The molecule has 3 aromatic rings. The van der Waals surface area contributed by atoms with Crippen molar-refractivity contribution in [3.05, 3.63) is 53.7 Å². The van der Waals surface area contributed by atoms with Crippen molar-refractivity contribution in [2.45, 2.75) is 11.1 Å². The number of benzene rings is 1. The van der Waals surface area contributed by atoms with Crippen LogP contribution in [0.2, 0.25) is 0 Å². The smallest absolute Gasteiger partial charge is 0.490 e. The number of carbonyl (C=O) groups excluding carboxylic acids is 1. The lowest BCUT2D eigenvalue weighted by molar-refractivity contribution is -0.192. The van der Waals surface area contributed by atoms with Crippen molar-refractivity contribution in [3.8, 4) is 5.75 Å². The zero-order valence-electron chi connectivity index (χ0n) is 20.7. The Bertz CT molecular complexity index is 1410. The Morgan fingerprint density at radius 2 is 1.74 bits per heavy atom. The number of para-hydroxylation sites is 1. The minimum Gasteiger partial charge on any atom is -0.495 e. The second-order valence-corrected chi connectivity index (χ2v) is 10.9. The van der Waals surface area contributed by atoms with Gasteiger partial charge < -0.3 is 25.0 Å². The summed E-state index contributed by atoms with van der Waals surface area (Å²) < 4.78 is 60.9. The molecule has 1 aliphatic rings. The number of ether oxygens (including phenoxy) is 1. The summed E-state index contributed by atoms with van der Waals surface area (Å²) in [5.41, 5.74) is 0.773. The number of hydrogen-bond acceptors (Lipinski definition) is 10. The van der Waals surface area contributed by atoms with Crippen LogP contribution in [-0.2, 0) is 14.6 Å². The standard InChI is InChI=1S/C21H23N5O4S2.C2HF3O2/c1-30-15-7-8-19(22-13-15)25-9-11-26(12-10-25)20(27)17-14-31-21(24-17)23-16-5-3-4-6-18(16)32(2,28)29;3-2(4,5)1(6)7/h3-8,13-14H,9-12H2,1-2H3,(H,23,24);(H,6,7). The number of nitrogens with zero attached hydrogens (tertiary/aromatic N) is 4. The molecule has 0 spiro atoms. The maximum atomic E-state index is 12.9. The number of aromatic nitrogens is 2. The number of halogens is 3. The number of methoxy groups -OCH3 is 1. The van der Waals surface area contributed by atoms with Crippen LogP contribution in [0.3, 0.4) is 0 Å². The lowest BCUT2D eigenvalue weighted by atomic mass is 10.2. The molecule has 2 aromatic heterocycles. The molecule has 210 valence electrons. The highest BCUT2D eigenvalue weighted by Crippen LogP contribution is 2.27. The third-order valence-electron chi connectivity index (χ3n) is 5.34. The first-order chi connectivity index (χ1) is 18.3. The fourth-order valence-corrected chi connectivity index (χ4v) is 4.96. The summed E-state index contributed by atoms with van der Waals surface area (Å²) in [6, 6.07) is 10.4. The number of anilines is 3. The van der Waals surface area contributed by atoms with Crippen LogP contribution in [0.4, 0.5) is 29.8 Å². The minimum atomic E-state index is -5.08. The molecule has 1 saturated heterocycles. The first kappa shape index (κ1) is 29.6. The van der Waals surface area contributed by atoms with E-state index in [0.29, 0.717) is 48.4 Å². The van der Waals surface area contributed by atoms with E-state index >= 15 is 0 Å². The molecule has 39 heavy (non-hydrogen) atoms. The van der Waals surface area contributed by atoms with Crippen LogP contribution in [0.5, 0.6) is 5.75 Å². The fraction of sp³-hybridized carbons (Fsp3) is 0.304. The second-order valence-electron chi connectivity index (χ2n) is 8.07. The third kappa shape index (κ3) is 8.03. The third-order valence-corrected chi connectivity index (χ3v) is 7.25. The summed E-state index contributed by atoms with van der Waals surface area (Å²) in [5, 5.41) is 12.3. The Kier molecular flexibility index (Phi) is 9.34. The summed E-state index contributed by atoms with van der Waals surface area (Å²) in [5.74, 6) is -1.35. The molecule has 1 amide bonds. The van der Waals surface area contributed by atoms with Gasteiger partial charge in [0.2, 0.25) is 0 Å². The van der Waals surface area contributed by atoms with Gasteiger partial charge in [0.25, 0.3) is 5.91 Å². The predicted octanol–water partition coefficient (Wildman–Crippen LogP) is 3.29. The van der Waals surface area contributed by atoms with Crippen LogP contribution in [0, 0.1) is 0 Å². The summed E-state index contributed by atoms with van der Waals surface area (Å²) >= 11 is 1.26. The number of rotatable bonds is 6. The number of sulfone groups is 1. The number of carbonyl (C=O) groups is 2. The minimum absolute atomic E-state index is 0.145. The van der Waals surface area contributed by atoms with Crippen LogP contribution >= 0.6 is 11.3 Å². The number of pyridine rings is 1. The molecule has 0 saturated carbocycles. The van der Waals surface area contributed by atoms with Crippen molar-refractivity contribution in [3.63, 3.8) is 0 Å². The van der Waals surface area contributed by atoms with Gasteiger partial charge in [0.1, 0.15) is 17.3 Å². The lowest BCUT2D eigenvalue weighted by Gasteiger charge is -2.35. The van der Waals surface area contributed by atoms with Crippen molar-refractivity contribution in [2.24, 2.45) is 0 Å². The van der Waals surface area contributed by atoms with Crippen LogP contribution in [0.25, 0.3) is 0 Å². The van der Waals surface area contributed by atoms with Gasteiger partial charge in [0.05, 0.1) is 23.9 Å². The number of carboxylic acids is 1. The second kappa shape index (κ2) is 12.3. The first-order valence-electron chi connectivity index (χ1n) is 11.2. The van der Waals surface area contributed by atoms with E-state index in [2.05, 4.69) is 20.2 Å². The van der Waals surface area contributed by atoms with E-state index in [4.69, 9.17) is 14.6 Å². The van der Waals surface area contributed by atoms with E-state index < -0.39 is 22.0 Å². The molecular formula is C23H24F3N5O6S2. The Hall–Kier alpha value is -3.92. The molecule has 0 bridgehead atoms. The van der Waals surface area contributed by atoms with Crippen molar-refractivity contribution in [1.82, 2.24) is 14.9 Å². The normalized spacial score (nSPS) is 13.8. The molecule has 0 aliphatic carbocycles. The largest absolute Gasteiger partial charge is 0.495 e. The van der Waals surface area contributed by atoms with E-state index in [-0.39, 0.29) is 10.8 Å². The zero-order valence-corrected chi connectivity index (χ0v) is 22.3. The van der Waals surface area contributed by atoms with E-state index in [9.17, 15) is 26.4 Å². The van der Waals surface area contributed by atoms with Crippen molar-refractivity contribution >= 4 is 49.7 Å². The average Bonchev–Trinajstić information content (AvgIpc) is 3.36. The van der Waals surface area contributed by atoms with Crippen LogP contribution in [-0.4, -0.2) is 86.0 Å². The molecule has 11 nitrogen and oxygen atoms in total. The quantitative estimate of drug-likeness (QED) is 0.441. The molecule has 2 N–H and O–H groups in total. The molecule has 0 radical (unpaired) electrons. The maximum absolute atomic E-state index is 12.9. The van der Waals surface area contributed by atoms with Gasteiger partial charge in [0.15, 0.2) is 15.0 Å². The summed E-state index contributed by atoms with van der Waals surface area (Å²) in [6.45, 7) is 2.46.